The van der Waals surface area contributed by atoms with Gasteiger partial charge >= 0.3 is 6.18 Å². The summed E-state index contributed by atoms with van der Waals surface area (Å²) in [6.07, 6.45) is -0.887. The number of fused-ring (bicyclic) bond motifs is 1. The van der Waals surface area contributed by atoms with E-state index in [1.165, 1.54) is 24.7 Å². The zero-order valence-corrected chi connectivity index (χ0v) is 11.5. The normalized spacial score (nSPS) is 11.8. The lowest BCUT2D eigenvalue weighted by Crippen LogP contribution is -2.11. The van der Waals surface area contributed by atoms with E-state index in [0.717, 1.165) is 4.40 Å². The standard InChI is InChI=1S/C13H9F4N5O/c14-3-4-23-11-2-1-8(5-19-11)9-7-22-10(6-18-9)20-21-12(22)13(15,16)17/h1-2,5-7H,3-4H2. The molecule has 0 amide bonds. The predicted molar refractivity (Wildman–Crippen MR) is 70.5 cm³/mol. The summed E-state index contributed by atoms with van der Waals surface area (Å²) >= 11 is 0. The van der Waals surface area contributed by atoms with Crippen LogP contribution in [0.5, 0.6) is 5.88 Å². The molecule has 3 aromatic rings. The molecule has 10 heteroatoms. The van der Waals surface area contributed by atoms with Crippen molar-refractivity contribution in [1.29, 1.82) is 0 Å². The quantitative estimate of drug-likeness (QED) is 0.689. The van der Waals surface area contributed by atoms with E-state index in [9.17, 15) is 17.6 Å². The van der Waals surface area contributed by atoms with E-state index < -0.39 is 18.7 Å². The third kappa shape index (κ3) is 3.05. The fourth-order valence-electron chi connectivity index (χ4n) is 1.90. The number of pyridine rings is 1. The average molecular weight is 327 g/mol. The van der Waals surface area contributed by atoms with Gasteiger partial charge in [-0.2, -0.15) is 13.2 Å². The summed E-state index contributed by atoms with van der Waals surface area (Å²) in [5.41, 5.74) is 0.714. The van der Waals surface area contributed by atoms with Crippen LogP contribution < -0.4 is 4.74 Å². The highest BCUT2D eigenvalue weighted by atomic mass is 19.4. The summed E-state index contributed by atoms with van der Waals surface area (Å²) < 4.78 is 56.4. The Hall–Kier alpha value is -2.78. The molecule has 6 nitrogen and oxygen atoms in total. The Morgan fingerprint density at radius 2 is 1.91 bits per heavy atom. The van der Waals surface area contributed by atoms with E-state index in [1.54, 1.807) is 6.07 Å². The van der Waals surface area contributed by atoms with Crippen LogP contribution in [0.2, 0.25) is 0 Å². The second-order valence-electron chi connectivity index (χ2n) is 4.44. The first-order valence-electron chi connectivity index (χ1n) is 6.42. The number of rotatable bonds is 4. The van der Waals surface area contributed by atoms with Gasteiger partial charge in [-0.3, -0.25) is 9.38 Å². The van der Waals surface area contributed by atoms with Gasteiger partial charge in [0.05, 0.1) is 11.9 Å². The Labute approximate surface area is 126 Å². The van der Waals surface area contributed by atoms with Gasteiger partial charge in [0.2, 0.25) is 11.7 Å². The molecule has 0 aliphatic heterocycles. The maximum atomic E-state index is 12.9. The summed E-state index contributed by atoms with van der Waals surface area (Å²) in [5.74, 6) is -0.917. The van der Waals surface area contributed by atoms with Crippen molar-refractivity contribution in [3.8, 4) is 17.1 Å². The van der Waals surface area contributed by atoms with Gasteiger partial charge in [-0.05, 0) is 6.07 Å². The van der Waals surface area contributed by atoms with Crippen LogP contribution in [0, 0.1) is 0 Å². The van der Waals surface area contributed by atoms with Crippen molar-refractivity contribution in [3.05, 3.63) is 36.5 Å². The van der Waals surface area contributed by atoms with Gasteiger partial charge in [0.15, 0.2) is 5.65 Å². The summed E-state index contributed by atoms with van der Waals surface area (Å²) in [5, 5.41) is 6.55. The minimum Gasteiger partial charge on any atom is -0.475 e. The third-order valence-corrected chi connectivity index (χ3v) is 2.91. The third-order valence-electron chi connectivity index (χ3n) is 2.91. The van der Waals surface area contributed by atoms with Gasteiger partial charge in [0, 0.05) is 24.0 Å². The molecule has 0 unspecified atom stereocenters. The highest BCUT2D eigenvalue weighted by Crippen LogP contribution is 2.28. The predicted octanol–water partition coefficient (Wildman–Crippen LogP) is 2.55. The molecule has 120 valence electrons. The molecule has 3 aromatic heterocycles. The number of hydrogen-bond donors (Lipinski definition) is 0. The fourth-order valence-corrected chi connectivity index (χ4v) is 1.90. The molecule has 0 fully saturated rings. The minimum absolute atomic E-state index is 0.0167. The average Bonchev–Trinajstić information content (AvgIpc) is 2.96. The molecule has 0 saturated carbocycles. The van der Waals surface area contributed by atoms with Gasteiger partial charge in [-0.25, -0.2) is 9.37 Å². The van der Waals surface area contributed by atoms with Crippen LogP contribution in [0.4, 0.5) is 17.6 Å². The molecule has 0 saturated heterocycles. The van der Waals surface area contributed by atoms with E-state index in [1.807, 2.05) is 0 Å². The van der Waals surface area contributed by atoms with Crippen LogP contribution in [0.3, 0.4) is 0 Å². The Kier molecular flexibility index (Phi) is 3.80. The maximum absolute atomic E-state index is 12.9. The number of hydrogen-bond acceptors (Lipinski definition) is 5. The molecule has 3 heterocycles. The topological polar surface area (TPSA) is 65.2 Å². The van der Waals surface area contributed by atoms with E-state index >= 15 is 0 Å². The van der Waals surface area contributed by atoms with Crippen molar-refractivity contribution in [2.75, 3.05) is 13.3 Å². The van der Waals surface area contributed by atoms with E-state index in [-0.39, 0.29) is 23.8 Å². The Bertz CT molecular complexity index is 815. The lowest BCUT2D eigenvalue weighted by Gasteiger charge is -2.06. The maximum Gasteiger partial charge on any atom is 0.452 e. The number of nitrogens with zero attached hydrogens (tertiary/aromatic N) is 5. The van der Waals surface area contributed by atoms with Gasteiger partial charge in [0.1, 0.15) is 13.3 Å². The van der Waals surface area contributed by atoms with Gasteiger partial charge in [0.25, 0.3) is 0 Å². The van der Waals surface area contributed by atoms with Crippen molar-refractivity contribution in [2.24, 2.45) is 0 Å². The van der Waals surface area contributed by atoms with Crippen molar-refractivity contribution < 1.29 is 22.3 Å². The first kappa shape index (κ1) is 15.1. The van der Waals surface area contributed by atoms with Crippen molar-refractivity contribution in [1.82, 2.24) is 24.6 Å². The molecular weight excluding hydrogens is 318 g/mol. The largest absolute Gasteiger partial charge is 0.475 e. The lowest BCUT2D eigenvalue weighted by molar-refractivity contribution is -0.145. The first-order chi connectivity index (χ1) is 11.0. The number of alkyl halides is 4. The Balaban J connectivity index is 1.96. The SMILES string of the molecule is FCCOc1ccc(-c2cn3c(C(F)(F)F)nnc3cn2)cn1. The van der Waals surface area contributed by atoms with Crippen LogP contribution in [0.1, 0.15) is 5.82 Å². The smallest absolute Gasteiger partial charge is 0.452 e. The Morgan fingerprint density at radius 1 is 1.09 bits per heavy atom. The molecule has 0 aromatic carbocycles. The van der Waals surface area contributed by atoms with Gasteiger partial charge < -0.3 is 4.74 Å². The molecule has 3 rings (SSSR count). The number of aromatic nitrogens is 5. The summed E-state index contributed by atoms with van der Waals surface area (Å²) in [4.78, 5) is 7.97. The van der Waals surface area contributed by atoms with Crippen LogP contribution in [0.25, 0.3) is 16.9 Å². The van der Waals surface area contributed by atoms with Crippen molar-refractivity contribution in [3.63, 3.8) is 0 Å². The zero-order valence-electron chi connectivity index (χ0n) is 11.5. The summed E-state index contributed by atoms with van der Waals surface area (Å²) in [7, 11) is 0. The molecule has 0 atom stereocenters. The van der Waals surface area contributed by atoms with Crippen LogP contribution in [-0.2, 0) is 6.18 Å². The van der Waals surface area contributed by atoms with E-state index in [2.05, 4.69) is 20.2 Å². The molecule has 0 bridgehead atoms. The molecular formula is C13H9F4N5O. The number of ether oxygens (including phenoxy) is 1. The van der Waals surface area contributed by atoms with Crippen LogP contribution >= 0.6 is 0 Å². The molecule has 0 aliphatic carbocycles. The second-order valence-corrected chi connectivity index (χ2v) is 4.44. The molecule has 0 N–H and O–H groups in total. The van der Waals surface area contributed by atoms with Gasteiger partial charge in [-0.15, -0.1) is 10.2 Å². The van der Waals surface area contributed by atoms with E-state index in [4.69, 9.17) is 4.74 Å². The zero-order chi connectivity index (χ0) is 16.4. The first-order valence-corrected chi connectivity index (χ1v) is 6.42. The van der Waals surface area contributed by atoms with Crippen LogP contribution in [-0.4, -0.2) is 37.8 Å². The minimum atomic E-state index is -4.62. The molecule has 23 heavy (non-hydrogen) atoms. The monoisotopic (exact) mass is 327 g/mol. The highest BCUT2D eigenvalue weighted by molar-refractivity contribution is 5.59. The Morgan fingerprint density at radius 3 is 2.57 bits per heavy atom. The molecule has 0 spiro atoms. The van der Waals surface area contributed by atoms with Crippen LogP contribution in [0.15, 0.2) is 30.7 Å². The van der Waals surface area contributed by atoms with Crippen molar-refractivity contribution in [2.45, 2.75) is 6.18 Å². The lowest BCUT2D eigenvalue weighted by atomic mass is 10.2. The summed E-state index contributed by atoms with van der Waals surface area (Å²) in [6, 6.07) is 3.04. The summed E-state index contributed by atoms with van der Waals surface area (Å²) in [6.45, 7) is -0.762. The second kappa shape index (κ2) is 5.78. The van der Waals surface area contributed by atoms with E-state index in [0.29, 0.717) is 5.56 Å². The van der Waals surface area contributed by atoms with Crippen molar-refractivity contribution >= 4 is 5.65 Å². The molecule has 0 aliphatic rings. The fraction of sp³-hybridized carbons (Fsp3) is 0.231. The number of halogens is 4. The van der Waals surface area contributed by atoms with Gasteiger partial charge in [-0.1, -0.05) is 0 Å². The molecule has 0 radical (unpaired) electrons. The highest BCUT2D eigenvalue weighted by Gasteiger charge is 2.37.